The van der Waals surface area contributed by atoms with Crippen LogP contribution in [0.5, 0.6) is 0 Å². The minimum Gasteiger partial charge on any atom is -1.00 e. The van der Waals surface area contributed by atoms with E-state index in [1.807, 2.05) is 0 Å². The third-order valence-electron chi connectivity index (χ3n) is 3.01. The van der Waals surface area contributed by atoms with Crippen molar-refractivity contribution in [3.63, 3.8) is 0 Å². The molecule has 0 saturated carbocycles. The summed E-state index contributed by atoms with van der Waals surface area (Å²) in [7, 11) is 4.49. The molecule has 2 aliphatic heterocycles. The Bertz CT molecular complexity index is 129. The molecule has 5 N–H and O–H groups in total. The molecule has 2 fully saturated rings. The Kier molecular flexibility index (Phi) is 27.9. The summed E-state index contributed by atoms with van der Waals surface area (Å²) < 4.78 is 0. The summed E-state index contributed by atoms with van der Waals surface area (Å²) in [5, 5.41) is 5.68. The number of quaternary nitrogens is 3. The summed E-state index contributed by atoms with van der Waals surface area (Å²) >= 11 is 0. The predicted octanol–water partition coefficient (Wildman–Crippen LogP) is -13.8. The molecule has 0 amide bonds. The number of hydrogen-bond acceptors (Lipinski definition) is 1. The van der Waals surface area contributed by atoms with Crippen LogP contribution < -0.4 is 57.7 Å². The molecule has 0 bridgehead atoms. The molecule has 0 atom stereocenters. The van der Waals surface area contributed by atoms with Crippen molar-refractivity contribution >= 4 is 0 Å². The molecule has 2 rings (SSSR count). The second-order valence-electron chi connectivity index (χ2n) is 4.53. The van der Waals surface area contributed by atoms with Gasteiger partial charge in [-0.2, -0.15) is 0 Å². The van der Waals surface area contributed by atoms with Gasteiger partial charge in [-0.15, -0.1) is 0 Å². The van der Waals surface area contributed by atoms with Gasteiger partial charge in [0, 0.05) is 29.9 Å². The fourth-order valence-electron chi connectivity index (χ4n) is 1.82. The molecular formula is C10H27Cl3CoN4. The van der Waals surface area contributed by atoms with E-state index in [4.69, 9.17) is 0 Å². The number of likely N-dealkylation sites (N-methyl/N-ethyl adjacent to an activating group) is 2. The van der Waals surface area contributed by atoms with Crippen LogP contribution in [0.15, 0.2) is 0 Å². The average Bonchev–Trinajstić information content (AvgIpc) is 2.21. The normalized spacial score (nSPS) is 19.7. The van der Waals surface area contributed by atoms with Gasteiger partial charge in [-0.1, -0.05) is 0 Å². The van der Waals surface area contributed by atoms with Crippen LogP contribution in [-0.2, 0) is 16.8 Å². The van der Waals surface area contributed by atoms with Crippen molar-refractivity contribution in [3.8, 4) is 0 Å². The summed E-state index contributed by atoms with van der Waals surface area (Å²) in [6.45, 7) is 10.3. The van der Waals surface area contributed by atoms with Crippen LogP contribution >= 0.6 is 0 Å². The van der Waals surface area contributed by atoms with Gasteiger partial charge in [0.05, 0.1) is 27.2 Å². The fraction of sp³-hybridized carbons (Fsp3) is 1.00. The molecule has 2 aliphatic rings. The van der Waals surface area contributed by atoms with E-state index in [0.717, 1.165) is 0 Å². The van der Waals surface area contributed by atoms with Crippen molar-refractivity contribution in [3.05, 3.63) is 0 Å². The molecule has 0 aromatic heterocycles. The Morgan fingerprint density at radius 2 is 1.17 bits per heavy atom. The first-order chi connectivity index (χ1) is 6.79. The molecule has 0 aromatic carbocycles. The van der Waals surface area contributed by atoms with E-state index < -0.39 is 0 Å². The van der Waals surface area contributed by atoms with Crippen LogP contribution in [0.3, 0.4) is 0 Å². The number of halogens is 3. The zero-order valence-corrected chi connectivity index (χ0v) is 14.5. The molecule has 0 aliphatic carbocycles. The molecule has 0 unspecified atom stereocenters. The molecular weight excluding hydrogens is 341 g/mol. The first-order valence-corrected chi connectivity index (χ1v) is 5.94. The number of hydrogen-bond donors (Lipinski definition) is 4. The Labute approximate surface area is 140 Å². The number of nitrogens with two attached hydrogens (primary N) is 1. The fourth-order valence-corrected chi connectivity index (χ4v) is 1.82. The largest absolute Gasteiger partial charge is 1.00 e. The van der Waals surface area contributed by atoms with Gasteiger partial charge in [0.2, 0.25) is 0 Å². The maximum absolute atomic E-state index is 3.29. The second kappa shape index (κ2) is 18.2. The summed E-state index contributed by atoms with van der Waals surface area (Å²) in [4.78, 5) is 3.33. The third-order valence-corrected chi connectivity index (χ3v) is 3.01. The maximum atomic E-state index is 3.29. The van der Waals surface area contributed by atoms with Crippen LogP contribution in [0.1, 0.15) is 0 Å². The van der Waals surface area contributed by atoms with Crippen LogP contribution in [0, 0.1) is 0 Å². The predicted molar refractivity (Wildman–Crippen MR) is 57.8 cm³/mol. The van der Waals surface area contributed by atoms with Gasteiger partial charge < -0.3 is 57.7 Å². The molecule has 117 valence electrons. The van der Waals surface area contributed by atoms with E-state index in [-0.39, 0.29) is 54.0 Å². The molecule has 2 heterocycles. The van der Waals surface area contributed by atoms with Gasteiger partial charge in [0.1, 0.15) is 26.2 Å². The van der Waals surface area contributed by atoms with E-state index in [9.17, 15) is 0 Å². The van der Waals surface area contributed by atoms with Crippen molar-refractivity contribution in [1.29, 1.82) is 0 Å². The van der Waals surface area contributed by atoms with Gasteiger partial charge >= 0.3 is 0 Å². The summed E-state index contributed by atoms with van der Waals surface area (Å²) in [5.74, 6) is 0. The van der Waals surface area contributed by atoms with E-state index in [1.54, 1.807) is 9.80 Å². The van der Waals surface area contributed by atoms with Crippen LogP contribution in [0.25, 0.3) is 0 Å². The Morgan fingerprint density at radius 1 is 0.778 bits per heavy atom. The summed E-state index contributed by atoms with van der Waals surface area (Å²) in [6, 6.07) is 0. The first kappa shape index (κ1) is 27.5. The van der Waals surface area contributed by atoms with Gasteiger partial charge in [-0.05, 0) is 0 Å². The van der Waals surface area contributed by atoms with Gasteiger partial charge in [0.25, 0.3) is 0 Å². The average molecular weight is 369 g/mol. The van der Waals surface area contributed by atoms with Gasteiger partial charge in [0.15, 0.2) is 0 Å². The molecule has 0 aromatic rings. The van der Waals surface area contributed by atoms with Crippen molar-refractivity contribution in [1.82, 2.24) is 5.32 Å². The molecule has 8 heteroatoms. The van der Waals surface area contributed by atoms with E-state index in [1.165, 1.54) is 52.4 Å². The molecule has 4 nitrogen and oxygen atoms in total. The monoisotopic (exact) mass is 367 g/mol. The van der Waals surface area contributed by atoms with Crippen molar-refractivity contribution in [2.24, 2.45) is 0 Å². The SMILES string of the molecule is C[NH+]1CCNCC1.C[NH+]1CC[NH2+]CC1.[Cl-].[Cl-].[Cl-].[Co]. The van der Waals surface area contributed by atoms with Crippen molar-refractivity contribution in [2.45, 2.75) is 0 Å². The van der Waals surface area contributed by atoms with E-state index >= 15 is 0 Å². The maximum Gasteiger partial charge on any atom is 0.127 e. The second-order valence-corrected chi connectivity index (χ2v) is 4.53. The van der Waals surface area contributed by atoms with Crippen molar-refractivity contribution in [2.75, 3.05) is 66.5 Å². The zero-order valence-electron chi connectivity index (χ0n) is 11.2. The third kappa shape index (κ3) is 15.3. The van der Waals surface area contributed by atoms with E-state index in [2.05, 4.69) is 24.7 Å². The molecule has 1 radical (unpaired) electrons. The molecule has 2 saturated heterocycles. The Morgan fingerprint density at radius 3 is 1.39 bits per heavy atom. The zero-order chi connectivity index (χ0) is 10.2. The van der Waals surface area contributed by atoms with Gasteiger partial charge in [-0.3, -0.25) is 0 Å². The van der Waals surface area contributed by atoms with Crippen LogP contribution in [0.2, 0.25) is 0 Å². The first-order valence-electron chi connectivity index (χ1n) is 5.94. The smallest absolute Gasteiger partial charge is 0.127 e. The number of rotatable bonds is 0. The standard InChI is InChI=1S/2C5H12N2.3ClH.Co/c2*1-7-4-2-6-3-5-7;;;;/h2*6H,2-5H2,1H3;3*1H;. The van der Waals surface area contributed by atoms with Gasteiger partial charge in [-0.25, -0.2) is 0 Å². The molecule has 18 heavy (non-hydrogen) atoms. The number of piperazine rings is 2. The van der Waals surface area contributed by atoms with E-state index in [0.29, 0.717) is 0 Å². The minimum absolute atomic E-state index is 0. The summed E-state index contributed by atoms with van der Waals surface area (Å²) in [6.07, 6.45) is 0. The topological polar surface area (TPSA) is 37.5 Å². The van der Waals surface area contributed by atoms with Crippen LogP contribution in [-0.4, -0.2) is 66.5 Å². The number of nitrogens with one attached hydrogen (secondary N) is 3. The van der Waals surface area contributed by atoms with Crippen molar-refractivity contribution < 1.29 is 69.1 Å². The van der Waals surface area contributed by atoms with Crippen LogP contribution in [0.4, 0.5) is 0 Å². The minimum atomic E-state index is 0. The molecule has 0 spiro atoms. The quantitative estimate of drug-likeness (QED) is 0.337. The Hall–Kier alpha value is 1.22. The Balaban J connectivity index is -0.0000000891. The summed E-state index contributed by atoms with van der Waals surface area (Å²) in [5.41, 5.74) is 0.